The van der Waals surface area contributed by atoms with E-state index in [0.717, 1.165) is 54.8 Å². The molecular formula is C27H23N9S2. The molecule has 0 saturated carbocycles. The minimum absolute atomic E-state index is 0.600. The molecule has 9 nitrogen and oxygen atoms in total. The van der Waals surface area contributed by atoms with Crippen LogP contribution in [0.1, 0.15) is 0 Å². The Kier molecular flexibility index (Phi) is 6.06. The second-order valence-electron chi connectivity index (χ2n) is 8.64. The Morgan fingerprint density at radius 2 is 1.16 bits per heavy atom. The number of nitrogen functional groups attached to an aromatic ring is 2. The molecule has 2 aliphatic rings. The van der Waals surface area contributed by atoms with Crippen LogP contribution in [0.4, 0.5) is 34.6 Å². The number of fused-ring (bicyclic) bond motifs is 1. The van der Waals surface area contributed by atoms with Gasteiger partial charge >= 0.3 is 0 Å². The van der Waals surface area contributed by atoms with Crippen LogP contribution < -0.4 is 22.1 Å². The van der Waals surface area contributed by atoms with Crippen LogP contribution in [0.15, 0.2) is 89.4 Å². The minimum atomic E-state index is 0.600. The highest BCUT2D eigenvalue weighted by atomic mass is 32.1. The van der Waals surface area contributed by atoms with Gasteiger partial charge in [0.15, 0.2) is 0 Å². The molecular weight excluding hydrogens is 514 g/mol. The molecule has 38 heavy (non-hydrogen) atoms. The zero-order valence-electron chi connectivity index (χ0n) is 19.9. The molecule has 0 amide bonds. The molecule has 0 fully saturated rings. The standard InChI is InChI=1S/C27H23N9S2/c28-18-3-1-5-20(37)24(18)14-7-22(31-9-14)35-26-16-11-30-12-17(16)27(34-13-33-26)36-23-8-15(10-32-23)25-19(29)4-2-6-21(25)38/h1-13,31-32,37-38H,28-29H2,(H2,33,34,35,36). The molecule has 8 N–H and O–H groups in total. The molecule has 2 aliphatic heterocycles. The summed E-state index contributed by atoms with van der Waals surface area (Å²) in [6.07, 6.45) is 8.75. The van der Waals surface area contributed by atoms with Gasteiger partial charge in [0, 0.05) is 79.3 Å². The van der Waals surface area contributed by atoms with Crippen molar-refractivity contribution in [3.05, 3.63) is 79.6 Å². The monoisotopic (exact) mass is 537 g/mol. The van der Waals surface area contributed by atoms with Crippen LogP contribution in [0.2, 0.25) is 0 Å². The first-order chi connectivity index (χ1) is 18.5. The summed E-state index contributed by atoms with van der Waals surface area (Å²) in [6, 6.07) is 15.2. The third kappa shape index (κ3) is 4.38. The fourth-order valence-corrected chi connectivity index (χ4v) is 5.09. The summed E-state index contributed by atoms with van der Waals surface area (Å²) in [4.78, 5) is 21.5. The zero-order valence-corrected chi connectivity index (χ0v) is 21.7. The average Bonchev–Trinajstić information content (AvgIpc) is 3.63. The largest absolute Gasteiger partial charge is 0.398 e. The number of benzene rings is 2. The number of aromatic nitrogens is 5. The molecule has 0 aliphatic carbocycles. The van der Waals surface area contributed by atoms with E-state index in [1.807, 2.05) is 60.9 Å². The Balaban J connectivity index is 1.27. The van der Waals surface area contributed by atoms with Crippen molar-refractivity contribution < 1.29 is 0 Å². The maximum Gasteiger partial charge on any atom is 0.142 e. The van der Waals surface area contributed by atoms with Gasteiger partial charge in [0.1, 0.15) is 29.6 Å². The number of nitrogens with zero attached hydrogens (tertiary/aromatic N) is 3. The Hall–Kier alpha value is -4.61. The summed E-state index contributed by atoms with van der Waals surface area (Å²) in [6.45, 7) is 0. The van der Waals surface area contributed by atoms with Crippen LogP contribution in [0, 0.1) is 0 Å². The van der Waals surface area contributed by atoms with Gasteiger partial charge in [0.25, 0.3) is 0 Å². The summed E-state index contributed by atoms with van der Waals surface area (Å²) in [5, 5.41) is 6.68. The van der Waals surface area contributed by atoms with Crippen molar-refractivity contribution in [2.24, 2.45) is 0 Å². The number of rotatable bonds is 6. The Bertz CT molecular complexity index is 1580. The number of H-pyrrole nitrogens is 2. The average molecular weight is 538 g/mol. The molecule has 0 radical (unpaired) electrons. The lowest BCUT2D eigenvalue weighted by Gasteiger charge is -2.07. The summed E-state index contributed by atoms with van der Waals surface area (Å²) in [5.74, 6) is 2.68. The van der Waals surface area contributed by atoms with Crippen LogP contribution in [0.5, 0.6) is 0 Å². The Labute approximate surface area is 229 Å². The van der Waals surface area contributed by atoms with Crippen molar-refractivity contribution in [3.63, 3.8) is 0 Å². The van der Waals surface area contributed by atoms with Gasteiger partial charge in [-0.15, -0.1) is 25.3 Å². The quantitative estimate of drug-likeness (QED) is 0.0933. The van der Waals surface area contributed by atoms with Gasteiger partial charge in [-0.3, -0.25) is 4.98 Å². The van der Waals surface area contributed by atoms with Crippen molar-refractivity contribution in [1.29, 1.82) is 0 Å². The first-order valence-corrected chi connectivity index (χ1v) is 12.5. The first kappa shape index (κ1) is 23.8. The molecule has 4 aromatic rings. The van der Waals surface area contributed by atoms with Gasteiger partial charge in [-0.05, 0) is 36.4 Å². The van der Waals surface area contributed by atoms with E-state index in [4.69, 9.17) is 11.5 Å². The van der Waals surface area contributed by atoms with E-state index in [1.165, 1.54) is 6.33 Å². The van der Waals surface area contributed by atoms with E-state index in [2.05, 4.69) is 60.8 Å². The van der Waals surface area contributed by atoms with Crippen molar-refractivity contribution in [3.8, 4) is 33.4 Å². The maximum atomic E-state index is 6.19. The second-order valence-corrected chi connectivity index (χ2v) is 9.61. The van der Waals surface area contributed by atoms with Gasteiger partial charge in [0.05, 0.1) is 0 Å². The van der Waals surface area contributed by atoms with E-state index in [-0.39, 0.29) is 0 Å². The van der Waals surface area contributed by atoms with Gasteiger partial charge in [-0.1, -0.05) is 12.1 Å². The molecule has 2 aromatic carbocycles. The molecule has 0 atom stereocenters. The highest BCUT2D eigenvalue weighted by Crippen LogP contribution is 2.38. The number of hydrogen-bond acceptors (Lipinski definition) is 9. The molecule has 0 unspecified atom stereocenters. The number of nitrogens with two attached hydrogens (primary N) is 2. The van der Waals surface area contributed by atoms with E-state index in [1.54, 1.807) is 12.4 Å². The molecule has 11 heteroatoms. The predicted octanol–water partition coefficient (Wildman–Crippen LogP) is 6.20. The van der Waals surface area contributed by atoms with Crippen LogP contribution in [-0.2, 0) is 0 Å². The molecule has 0 spiro atoms. The third-order valence-electron chi connectivity index (χ3n) is 6.18. The van der Waals surface area contributed by atoms with Gasteiger partial charge in [0.2, 0.25) is 0 Å². The smallest absolute Gasteiger partial charge is 0.142 e. The van der Waals surface area contributed by atoms with Crippen LogP contribution in [0.25, 0.3) is 33.4 Å². The lowest BCUT2D eigenvalue weighted by Crippen LogP contribution is -1.95. The molecule has 0 saturated heterocycles. The molecule has 0 bridgehead atoms. The summed E-state index contributed by atoms with van der Waals surface area (Å²) < 4.78 is 0. The Morgan fingerprint density at radius 1 is 0.684 bits per heavy atom. The number of aromatic amines is 2. The summed E-state index contributed by atoms with van der Waals surface area (Å²) >= 11 is 9.12. The molecule has 6 rings (SSSR count). The minimum Gasteiger partial charge on any atom is -0.398 e. The first-order valence-electron chi connectivity index (χ1n) is 11.6. The summed E-state index contributed by atoms with van der Waals surface area (Å²) in [7, 11) is 0. The van der Waals surface area contributed by atoms with Crippen molar-refractivity contribution >= 4 is 59.9 Å². The fourth-order valence-electron chi connectivity index (χ4n) is 4.41. The highest BCUT2D eigenvalue weighted by Gasteiger charge is 2.17. The topological polar surface area (TPSA) is 146 Å². The number of thiol groups is 2. The Morgan fingerprint density at radius 3 is 1.61 bits per heavy atom. The lowest BCUT2D eigenvalue weighted by molar-refractivity contribution is 1.21. The second kappa shape index (κ2) is 9.69. The number of anilines is 6. The van der Waals surface area contributed by atoms with Crippen LogP contribution in [0.3, 0.4) is 0 Å². The maximum absolute atomic E-state index is 6.19. The van der Waals surface area contributed by atoms with E-state index in [9.17, 15) is 0 Å². The van der Waals surface area contributed by atoms with Crippen LogP contribution >= 0.6 is 25.3 Å². The predicted molar refractivity (Wildman–Crippen MR) is 159 cm³/mol. The molecule has 4 heterocycles. The third-order valence-corrected chi connectivity index (χ3v) is 6.93. The van der Waals surface area contributed by atoms with E-state index < -0.39 is 0 Å². The SMILES string of the molecule is Nc1cccc(S)c1-c1c[nH]c(Nc2ncnc(Nc3cc(-c4c(N)cccc4S)c[nH]3)c3cncc2-3)c1. The number of nitrogens with one attached hydrogen (secondary N) is 4. The molecule has 2 aromatic heterocycles. The van der Waals surface area contributed by atoms with E-state index >= 15 is 0 Å². The molecule has 188 valence electrons. The lowest BCUT2D eigenvalue weighted by atomic mass is 10.1. The van der Waals surface area contributed by atoms with Gasteiger partial charge in [-0.2, -0.15) is 0 Å². The summed E-state index contributed by atoms with van der Waals surface area (Å²) in [5.41, 5.74) is 18.9. The van der Waals surface area contributed by atoms with Crippen molar-refractivity contribution in [2.45, 2.75) is 9.79 Å². The zero-order chi connectivity index (χ0) is 26.2. The van der Waals surface area contributed by atoms with Gasteiger partial charge in [-0.25, -0.2) is 9.97 Å². The normalized spacial score (nSPS) is 11.1. The van der Waals surface area contributed by atoms with E-state index in [0.29, 0.717) is 23.0 Å². The van der Waals surface area contributed by atoms with Gasteiger partial charge < -0.3 is 32.1 Å². The van der Waals surface area contributed by atoms with Crippen molar-refractivity contribution in [1.82, 2.24) is 24.9 Å². The number of hydrogen-bond donors (Lipinski definition) is 8. The fraction of sp³-hybridized carbons (Fsp3) is 0. The van der Waals surface area contributed by atoms with Crippen LogP contribution in [-0.4, -0.2) is 24.9 Å². The highest BCUT2D eigenvalue weighted by molar-refractivity contribution is 7.80. The van der Waals surface area contributed by atoms with Crippen molar-refractivity contribution in [2.75, 3.05) is 22.1 Å².